The molecule has 0 atom stereocenters. The molecule has 2 heterocycles. The summed E-state index contributed by atoms with van der Waals surface area (Å²) < 4.78 is 1.73. The second-order valence-electron chi connectivity index (χ2n) is 4.55. The minimum absolute atomic E-state index is 0.532. The van der Waals surface area contributed by atoms with Gasteiger partial charge in [-0.05, 0) is 11.1 Å². The molecular formula is C14H16N6. The third-order valence-electron chi connectivity index (χ3n) is 3.31. The zero-order valence-corrected chi connectivity index (χ0v) is 11.2. The van der Waals surface area contributed by atoms with Crippen molar-refractivity contribution in [3.8, 4) is 0 Å². The van der Waals surface area contributed by atoms with E-state index in [0.29, 0.717) is 13.1 Å². The highest BCUT2D eigenvalue weighted by molar-refractivity contribution is 5.85. The highest BCUT2D eigenvalue weighted by atomic mass is 15.3. The summed E-state index contributed by atoms with van der Waals surface area (Å²) in [4.78, 5) is 8.50. The Bertz CT molecular complexity index is 733. The molecule has 3 aromatic rings. The maximum absolute atomic E-state index is 5.75. The van der Waals surface area contributed by atoms with Crippen LogP contribution in [0.1, 0.15) is 11.1 Å². The lowest BCUT2D eigenvalue weighted by Crippen LogP contribution is -2.07. The van der Waals surface area contributed by atoms with Gasteiger partial charge in [-0.15, -0.1) is 0 Å². The Morgan fingerprint density at radius 2 is 2.00 bits per heavy atom. The molecule has 3 N–H and O–H groups in total. The molecule has 102 valence electrons. The van der Waals surface area contributed by atoms with E-state index in [0.717, 1.165) is 22.4 Å². The van der Waals surface area contributed by atoms with Crippen molar-refractivity contribution in [2.24, 2.45) is 12.8 Å². The topological polar surface area (TPSA) is 81.7 Å². The zero-order chi connectivity index (χ0) is 13.9. The Balaban J connectivity index is 1.87. The quantitative estimate of drug-likeness (QED) is 0.748. The number of aromatic nitrogens is 4. The van der Waals surface area contributed by atoms with Gasteiger partial charge in [-0.2, -0.15) is 5.10 Å². The summed E-state index contributed by atoms with van der Waals surface area (Å²) in [6.45, 7) is 1.21. The summed E-state index contributed by atoms with van der Waals surface area (Å²) >= 11 is 0. The largest absolute Gasteiger partial charge is 0.365 e. The van der Waals surface area contributed by atoms with E-state index in [2.05, 4.69) is 26.4 Å². The summed E-state index contributed by atoms with van der Waals surface area (Å²) in [6, 6.07) is 8.11. The minimum Gasteiger partial charge on any atom is -0.365 e. The van der Waals surface area contributed by atoms with Gasteiger partial charge in [-0.1, -0.05) is 24.3 Å². The fraction of sp³-hybridized carbons (Fsp3) is 0.214. The SMILES string of the molecule is Cn1ncc2c(NCc3ccccc3CN)ncnc21. The summed E-state index contributed by atoms with van der Waals surface area (Å²) in [5, 5.41) is 8.45. The number of nitrogens with zero attached hydrogens (tertiary/aromatic N) is 4. The van der Waals surface area contributed by atoms with E-state index in [1.165, 1.54) is 5.56 Å². The number of fused-ring (bicyclic) bond motifs is 1. The number of benzene rings is 1. The first-order chi connectivity index (χ1) is 9.79. The van der Waals surface area contributed by atoms with Crippen LogP contribution in [0.25, 0.3) is 11.0 Å². The van der Waals surface area contributed by atoms with Crippen LogP contribution in [-0.2, 0) is 20.1 Å². The Kier molecular flexibility index (Phi) is 3.30. The molecule has 0 bridgehead atoms. The highest BCUT2D eigenvalue weighted by Gasteiger charge is 2.08. The van der Waals surface area contributed by atoms with Gasteiger partial charge in [0.25, 0.3) is 0 Å². The zero-order valence-electron chi connectivity index (χ0n) is 11.2. The molecule has 0 saturated heterocycles. The molecule has 1 aromatic carbocycles. The molecule has 0 saturated carbocycles. The van der Waals surface area contributed by atoms with E-state index in [-0.39, 0.29) is 0 Å². The van der Waals surface area contributed by atoms with Crippen LogP contribution in [0, 0.1) is 0 Å². The molecule has 2 aromatic heterocycles. The van der Waals surface area contributed by atoms with E-state index < -0.39 is 0 Å². The van der Waals surface area contributed by atoms with Gasteiger partial charge in [-0.25, -0.2) is 9.97 Å². The average Bonchev–Trinajstić information content (AvgIpc) is 2.88. The van der Waals surface area contributed by atoms with Crippen LogP contribution in [0.5, 0.6) is 0 Å². The molecule has 20 heavy (non-hydrogen) atoms. The molecule has 6 heteroatoms. The van der Waals surface area contributed by atoms with Crippen molar-refractivity contribution in [1.29, 1.82) is 0 Å². The molecule has 0 aliphatic heterocycles. The lowest BCUT2D eigenvalue weighted by atomic mass is 10.1. The third kappa shape index (κ3) is 2.21. The number of anilines is 1. The van der Waals surface area contributed by atoms with E-state index in [4.69, 9.17) is 5.73 Å². The van der Waals surface area contributed by atoms with Crippen molar-refractivity contribution in [3.05, 3.63) is 47.9 Å². The van der Waals surface area contributed by atoms with E-state index in [1.807, 2.05) is 25.2 Å². The lowest BCUT2D eigenvalue weighted by Gasteiger charge is -2.10. The first kappa shape index (κ1) is 12.6. The standard InChI is InChI=1S/C14H16N6/c1-20-14-12(8-19-20)13(17-9-18-14)16-7-11-5-3-2-4-10(11)6-15/h2-5,8-9H,6-7,15H2,1H3,(H,16,17,18). The van der Waals surface area contributed by atoms with Crippen molar-refractivity contribution in [2.75, 3.05) is 5.32 Å². The van der Waals surface area contributed by atoms with Gasteiger partial charge in [0.15, 0.2) is 5.65 Å². The Labute approximate surface area is 116 Å². The van der Waals surface area contributed by atoms with Gasteiger partial charge < -0.3 is 11.1 Å². The first-order valence-corrected chi connectivity index (χ1v) is 6.43. The van der Waals surface area contributed by atoms with E-state index in [1.54, 1.807) is 17.2 Å². The maximum Gasteiger partial charge on any atom is 0.163 e. The molecule has 0 aliphatic carbocycles. The molecule has 0 fully saturated rings. The summed E-state index contributed by atoms with van der Waals surface area (Å²) in [5.74, 6) is 0.787. The molecule has 0 radical (unpaired) electrons. The van der Waals surface area contributed by atoms with Crippen molar-refractivity contribution >= 4 is 16.9 Å². The number of nitrogens with two attached hydrogens (primary N) is 1. The van der Waals surface area contributed by atoms with Crippen LogP contribution in [-0.4, -0.2) is 19.7 Å². The van der Waals surface area contributed by atoms with Crippen LogP contribution in [0.15, 0.2) is 36.8 Å². The van der Waals surface area contributed by atoms with Crippen molar-refractivity contribution in [3.63, 3.8) is 0 Å². The summed E-state index contributed by atoms with van der Waals surface area (Å²) in [5.41, 5.74) is 8.87. The molecule has 0 amide bonds. The number of aryl methyl sites for hydroxylation is 1. The molecular weight excluding hydrogens is 252 g/mol. The molecule has 0 aliphatic rings. The van der Waals surface area contributed by atoms with Crippen LogP contribution >= 0.6 is 0 Å². The maximum atomic E-state index is 5.75. The van der Waals surface area contributed by atoms with Crippen molar-refractivity contribution in [1.82, 2.24) is 19.7 Å². The fourth-order valence-electron chi connectivity index (χ4n) is 2.21. The Morgan fingerprint density at radius 3 is 2.80 bits per heavy atom. The highest BCUT2D eigenvalue weighted by Crippen LogP contribution is 2.19. The van der Waals surface area contributed by atoms with Gasteiger partial charge in [0.2, 0.25) is 0 Å². The predicted molar refractivity (Wildman–Crippen MR) is 78.0 cm³/mol. The van der Waals surface area contributed by atoms with Gasteiger partial charge in [0.1, 0.15) is 12.1 Å². The van der Waals surface area contributed by atoms with Crippen molar-refractivity contribution < 1.29 is 0 Å². The number of hydrogen-bond acceptors (Lipinski definition) is 5. The smallest absolute Gasteiger partial charge is 0.163 e. The first-order valence-electron chi connectivity index (χ1n) is 6.43. The third-order valence-corrected chi connectivity index (χ3v) is 3.31. The number of hydrogen-bond donors (Lipinski definition) is 2. The van der Waals surface area contributed by atoms with Gasteiger partial charge in [-0.3, -0.25) is 4.68 Å². The van der Waals surface area contributed by atoms with Crippen LogP contribution in [0.4, 0.5) is 5.82 Å². The number of nitrogens with one attached hydrogen (secondary N) is 1. The Hall–Kier alpha value is -2.47. The van der Waals surface area contributed by atoms with Gasteiger partial charge >= 0.3 is 0 Å². The molecule has 6 nitrogen and oxygen atoms in total. The van der Waals surface area contributed by atoms with Gasteiger partial charge in [0, 0.05) is 20.1 Å². The van der Waals surface area contributed by atoms with Crippen molar-refractivity contribution in [2.45, 2.75) is 13.1 Å². The second kappa shape index (κ2) is 5.26. The molecule has 0 spiro atoms. The molecule has 0 unspecified atom stereocenters. The summed E-state index contributed by atoms with van der Waals surface area (Å²) in [7, 11) is 1.86. The average molecular weight is 268 g/mol. The van der Waals surface area contributed by atoms with Crippen LogP contribution < -0.4 is 11.1 Å². The normalized spacial score (nSPS) is 10.9. The molecule has 3 rings (SSSR count). The van der Waals surface area contributed by atoms with Gasteiger partial charge in [0.05, 0.1) is 11.6 Å². The van der Waals surface area contributed by atoms with E-state index in [9.17, 15) is 0 Å². The summed E-state index contributed by atoms with van der Waals surface area (Å²) in [6.07, 6.45) is 3.31. The fourth-order valence-corrected chi connectivity index (χ4v) is 2.21. The lowest BCUT2D eigenvalue weighted by molar-refractivity contribution is 0.785. The number of rotatable bonds is 4. The second-order valence-corrected chi connectivity index (χ2v) is 4.55. The van der Waals surface area contributed by atoms with Crippen LogP contribution in [0.3, 0.4) is 0 Å². The predicted octanol–water partition coefficient (Wildman–Crippen LogP) is 1.43. The monoisotopic (exact) mass is 268 g/mol. The van der Waals surface area contributed by atoms with E-state index >= 15 is 0 Å². The minimum atomic E-state index is 0.532. The van der Waals surface area contributed by atoms with Crippen LogP contribution in [0.2, 0.25) is 0 Å². The Morgan fingerprint density at radius 1 is 1.20 bits per heavy atom.